The lowest BCUT2D eigenvalue weighted by molar-refractivity contribution is -0.134. The number of allylic oxidation sites excluding steroid dienone is 1. The van der Waals surface area contributed by atoms with Gasteiger partial charge in [0.25, 0.3) is 0 Å². The zero-order valence-electron chi connectivity index (χ0n) is 22.6. The molecule has 3 aromatic carbocycles. The highest BCUT2D eigenvalue weighted by Crippen LogP contribution is 2.43. The van der Waals surface area contributed by atoms with Crippen molar-refractivity contribution in [2.45, 2.75) is 38.2 Å². The second kappa shape index (κ2) is 13.1. The predicted octanol–water partition coefficient (Wildman–Crippen LogP) is 6.53. The van der Waals surface area contributed by atoms with E-state index in [0.29, 0.717) is 22.2 Å². The number of hydrogen-bond donors (Lipinski definition) is 2. The van der Waals surface area contributed by atoms with Gasteiger partial charge in [0, 0.05) is 35.4 Å². The van der Waals surface area contributed by atoms with E-state index in [-0.39, 0.29) is 12.8 Å². The summed E-state index contributed by atoms with van der Waals surface area (Å²) in [5.74, 6) is -1.10. The summed E-state index contributed by atoms with van der Waals surface area (Å²) in [5.41, 5.74) is 11.8. The lowest BCUT2D eigenvalue weighted by atomic mass is 9.87. The Morgan fingerprint density at radius 2 is 1.80 bits per heavy atom. The van der Waals surface area contributed by atoms with Crippen LogP contribution in [0, 0.1) is 0 Å². The monoisotopic (exact) mass is 595 g/mol. The van der Waals surface area contributed by atoms with Crippen molar-refractivity contribution in [2.24, 2.45) is 5.73 Å². The number of hydrogen-bond acceptors (Lipinski definition) is 4. The zero-order valence-corrected chi connectivity index (χ0v) is 24.1. The minimum absolute atomic E-state index is 0.0794. The number of carbonyl (C=O) groups excluding carboxylic acids is 2. The predicted molar refractivity (Wildman–Crippen MR) is 162 cm³/mol. The molecule has 214 valence electrons. The molecule has 1 aliphatic carbocycles. The fourth-order valence-electron chi connectivity index (χ4n) is 5.66. The highest BCUT2D eigenvalue weighted by molar-refractivity contribution is 6.39. The summed E-state index contributed by atoms with van der Waals surface area (Å²) in [6.07, 6.45) is 3.96. The molecular weight excluding hydrogens is 564 g/mol. The Morgan fingerprint density at radius 1 is 1.02 bits per heavy atom. The van der Waals surface area contributed by atoms with E-state index in [2.05, 4.69) is 22.3 Å². The highest BCUT2D eigenvalue weighted by Gasteiger charge is 2.25. The number of aryl methyl sites for hydroxylation is 1. The molecular formula is C32H32Cl2FN3O3. The first kappa shape index (κ1) is 29.1. The van der Waals surface area contributed by atoms with Crippen LogP contribution in [0.25, 0.3) is 11.1 Å². The van der Waals surface area contributed by atoms with Crippen molar-refractivity contribution in [1.82, 2.24) is 4.90 Å². The lowest BCUT2D eigenvalue weighted by Gasteiger charge is -2.19. The summed E-state index contributed by atoms with van der Waals surface area (Å²) in [6.45, 7) is 2.18. The molecule has 5 rings (SSSR count). The maximum atomic E-state index is 12.6. The number of nitrogens with two attached hydrogens (primary N) is 1. The average molecular weight is 597 g/mol. The molecule has 1 fully saturated rings. The van der Waals surface area contributed by atoms with Crippen LogP contribution in [0.15, 0.2) is 60.7 Å². The third-order valence-corrected chi connectivity index (χ3v) is 8.12. The Kier molecular flexibility index (Phi) is 9.28. The second-order valence-electron chi connectivity index (χ2n) is 10.4. The number of halogens is 3. The van der Waals surface area contributed by atoms with Crippen molar-refractivity contribution in [3.63, 3.8) is 0 Å². The molecule has 0 spiro atoms. The maximum absolute atomic E-state index is 12.6. The summed E-state index contributed by atoms with van der Waals surface area (Å²) in [6, 6.07) is 19.3. The van der Waals surface area contributed by atoms with Crippen LogP contribution in [-0.2, 0) is 16.0 Å². The molecule has 6 nitrogen and oxygen atoms in total. The number of ether oxygens (including phenoxy) is 1. The van der Waals surface area contributed by atoms with E-state index in [1.165, 1.54) is 0 Å². The summed E-state index contributed by atoms with van der Waals surface area (Å²) in [7, 11) is 0. The Labute approximate surface area is 249 Å². The fourth-order valence-corrected chi connectivity index (χ4v) is 6.19. The Morgan fingerprint density at radius 3 is 2.54 bits per heavy atom. The summed E-state index contributed by atoms with van der Waals surface area (Å²) >= 11 is 12.9. The number of carbonyl (C=O) groups is 2. The van der Waals surface area contributed by atoms with Crippen LogP contribution in [0.1, 0.15) is 47.9 Å². The minimum atomic E-state index is -1.03. The van der Waals surface area contributed by atoms with E-state index in [4.69, 9.17) is 33.7 Å². The molecule has 41 heavy (non-hydrogen) atoms. The number of fused-ring (bicyclic) bond motifs is 1. The molecule has 1 heterocycles. The SMILES string of the molecule is NC(=O)C(=O)Nc1ccc2c(c1)CCCC(c1ccc(Cl)cc1Cl)=C2c1ccc(OC2CCN(CCCF)C2)cc1. The van der Waals surface area contributed by atoms with Crippen LogP contribution < -0.4 is 15.8 Å². The van der Waals surface area contributed by atoms with Gasteiger partial charge in [-0.3, -0.25) is 18.9 Å². The van der Waals surface area contributed by atoms with E-state index >= 15 is 0 Å². The molecule has 9 heteroatoms. The van der Waals surface area contributed by atoms with Crippen molar-refractivity contribution in [3.05, 3.63) is 93.0 Å². The van der Waals surface area contributed by atoms with E-state index in [9.17, 15) is 14.0 Å². The first-order valence-electron chi connectivity index (χ1n) is 13.8. The number of amides is 2. The summed E-state index contributed by atoms with van der Waals surface area (Å²) in [5, 5.41) is 3.73. The van der Waals surface area contributed by atoms with Crippen LogP contribution in [0.5, 0.6) is 5.75 Å². The number of alkyl halides is 1. The van der Waals surface area contributed by atoms with Gasteiger partial charge in [-0.05, 0) is 102 Å². The van der Waals surface area contributed by atoms with Gasteiger partial charge in [-0.25, -0.2) is 0 Å². The summed E-state index contributed by atoms with van der Waals surface area (Å²) in [4.78, 5) is 25.4. The smallest absolute Gasteiger partial charge is 0.313 e. The molecule has 1 saturated heterocycles. The molecule has 0 aromatic heterocycles. The van der Waals surface area contributed by atoms with Crippen molar-refractivity contribution in [1.29, 1.82) is 0 Å². The maximum Gasteiger partial charge on any atom is 0.313 e. The van der Waals surface area contributed by atoms with Gasteiger partial charge in [0.05, 0.1) is 6.67 Å². The standard InChI is InChI=1S/C32H32Cl2FN3O3/c33-22-7-11-27(29(34)18-22)28-4-1-3-21-17-23(37-32(40)31(36)39)8-12-26(21)30(28)20-5-9-24(10-6-20)41-25-13-16-38(19-25)15-2-14-35/h5-12,17-18,25H,1-4,13-16,19H2,(H2,36,39)(H,37,40). The second-order valence-corrected chi connectivity index (χ2v) is 11.3. The van der Waals surface area contributed by atoms with Crippen molar-refractivity contribution >= 4 is 51.8 Å². The van der Waals surface area contributed by atoms with Crippen molar-refractivity contribution in [2.75, 3.05) is 31.6 Å². The van der Waals surface area contributed by atoms with Crippen LogP contribution in [-0.4, -0.2) is 49.1 Å². The molecule has 1 aliphatic heterocycles. The normalized spacial score (nSPS) is 17.2. The number of primary amides is 1. The topological polar surface area (TPSA) is 84.7 Å². The molecule has 3 N–H and O–H groups in total. The first-order valence-corrected chi connectivity index (χ1v) is 14.6. The number of rotatable bonds is 8. The molecule has 0 radical (unpaired) electrons. The van der Waals surface area contributed by atoms with Crippen molar-refractivity contribution in [3.8, 4) is 5.75 Å². The van der Waals surface area contributed by atoms with Gasteiger partial charge in [-0.1, -0.05) is 47.5 Å². The van der Waals surface area contributed by atoms with Crippen LogP contribution in [0.2, 0.25) is 10.0 Å². The largest absolute Gasteiger partial charge is 0.489 e. The summed E-state index contributed by atoms with van der Waals surface area (Å²) < 4.78 is 18.8. The molecule has 0 bridgehead atoms. The molecule has 1 atom stereocenters. The highest BCUT2D eigenvalue weighted by atomic mass is 35.5. The van der Waals surface area contributed by atoms with Gasteiger partial charge in [0.2, 0.25) is 0 Å². The molecule has 0 saturated carbocycles. The van der Waals surface area contributed by atoms with Gasteiger partial charge in [-0.15, -0.1) is 0 Å². The number of nitrogens with one attached hydrogen (secondary N) is 1. The van der Waals surface area contributed by atoms with Gasteiger partial charge in [0.15, 0.2) is 0 Å². The van der Waals surface area contributed by atoms with Gasteiger partial charge in [-0.2, -0.15) is 0 Å². The van der Waals surface area contributed by atoms with Gasteiger partial charge >= 0.3 is 11.8 Å². The van der Waals surface area contributed by atoms with Crippen LogP contribution in [0.4, 0.5) is 10.1 Å². The fraction of sp³-hybridized carbons (Fsp3) is 0.312. The Balaban J connectivity index is 1.50. The Bertz CT molecular complexity index is 1480. The zero-order chi connectivity index (χ0) is 28.9. The number of nitrogens with zero attached hydrogens (tertiary/aromatic N) is 1. The van der Waals surface area contributed by atoms with Crippen LogP contribution in [0.3, 0.4) is 0 Å². The van der Waals surface area contributed by atoms with E-state index in [0.717, 1.165) is 84.5 Å². The third kappa shape index (κ3) is 6.92. The number of likely N-dealkylation sites (tertiary alicyclic amines) is 1. The van der Waals surface area contributed by atoms with Crippen molar-refractivity contribution < 1.29 is 18.7 Å². The minimum Gasteiger partial charge on any atom is -0.489 e. The molecule has 1 unspecified atom stereocenters. The molecule has 2 amide bonds. The van der Waals surface area contributed by atoms with E-state index < -0.39 is 11.8 Å². The lowest BCUT2D eigenvalue weighted by Crippen LogP contribution is -2.29. The number of benzene rings is 3. The van der Waals surface area contributed by atoms with E-state index in [1.54, 1.807) is 12.1 Å². The first-order chi connectivity index (χ1) is 19.8. The quantitative estimate of drug-likeness (QED) is 0.290. The molecule has 2 aliphatic rings. The van der Waals surface area contributed by atoms with E-state index in [1.807, 2.05) is 36.4 Å². The third-order valence-electron chi connectivity index (χ3n) is 7.57. The average Bonchev–Trinajstić information content (AvgIpc) is 3.31. The van der Waals surface area contributed by atoms with Gasteiger partial charge < -0.3 is 15.8 Å². The van der Waals surface area contributed by atoms with Gasteiger partial charge in [0.1, 0.15) is 11.9 Å². The molecule has 3 aromatic rings. The Hall–Kier alpha value is -3.39. The van der Waals surface area contributed by atoms with Crippen LogP contribution >= 0.6 is 23.2 Å². The number of anilines is 1.